The van der Waals surface area contributed by atoms with Gasteiger partial charge in [-0.1, -0.05) is 17.7 Å². The van der Waals surface area contributed by atoms with Crippen molar-refractivity contribution in [2.24, 2.45) is 0 Å². The van der Waals surface area contributed by atoms with Gasteiger partial charge < -0.3 is 19.7 Å². The van der Waals surface area contributed by atoms with Crippen molar-refractivity contribution in [3.8, 4) is 0 Å². The van der Waals surface area contributed by atoms with Crippen molar-refractivity contribution in [3.05, 3.63) is 58.1 Å². The van der Waals surface area contributed by atoms with Gasteiger partial charge in [0.15, 0.2) is 0 Å². The Labute approximate surface area is 192 Å². The highest BCUT2D eigenvalue weighted by atomic mass is 35.5. The number of piperazine rings is 1. The summed E-state index contributed by atoms with van der Waals surface area (Å²) in [5, 5.41) is 3.43. The fourth-order valence-electron chi connectivity index (χ4n) is 3.64. The lowest BCUT2D eigenvalue weighted by Crippen LogP contribution is -2.48. The van der Waals surface area contributed by atoms with Crippen molar-refractivity contribution < 1.29 is 23.9 Å². The number of hydrogen-bond donors (Lipinski definition) is 1. The van der Waals surface area contributed by atoms with Gasteiger partial charge in [-0.15, -0.1) is 0 Å². The van der Waals surface area contributed by atoms with E-state index in [9.17, 15) is 14.4 Å². The highest BCUT2D eigenvalue weighted by Crippen LogP contribution is 2.25. The van der Waals surface area contributed by atoms with Crippen molar-refractivity contribution in [2.45, 2.75) is 6.92 Å². The van der Waals surface area contributed by atoms with E-state index in [0.29, 0.717) is 18.1 Å². The maximum Gasteiger partial charge on any atom is 0.339 e. The Balaban J connectivity index is 1.64. The summed E-state index contributed by atoms with van der Waals surface area (Å²) in [4.78, 5) is 40.9. The summed E-state index contributed by atoms with van der Waals surface area (Å²) < 4.78 is 9.49. The molecule has 1 fully saturated rings. The number of esters is 2. The van der Waals surface area contributed by atoms with Crippen LogP contribution >= 0.6 is 11.6 Å². The predicted molar refractivity (Wildman–Crippen MR) is 123 cm³/mol. The zero-order valence-electron chi connectivity index (χ0n) is 18.3. The summed E-state index contributed by atoms with van der Waals surface area (Å²) >= 11 is 6.14. The second-order valence-electron chi connectivity index (χ2n) is 7.49. The summed E-state index contributed by atoms with van der Waals surface area (Å²) in [5.74, 6) is -1.46. The quantitative estimate of drug-likeness (QED) is 0.664. The zero-order chi connectivity index (χ0) is 23.3. The van der Waals surface area contributed by atoms with Crippen molar-refractivity contribution in [3.63, 3.8) is 0 Å². The predicted octanol–water partition coefficient (Wildman–Crippen LogP) is 2.98. The molecule has 170 valence electrons. The minimum atomic E-state index is -0.609. The molecule has 0 atom stereocenters. The van der Waals surface area contributed by atoms with E-state index in [2.05, 4.69) is 10.2 Å². The summed E-state index contributed by atoms with van der Waals surface area (Å²) in [6.45, 7) is 5.13. The van der Waals surface area contributed by atoms with E-state index >= 15 is 0 Å². The van der Waals surface area contributed by atoms with Gasteiger partial charge in [0.1, 0.15) is 0 Å². The molecule has 1 amide bonds. The molecule has 1 aliphatic heterocycles. The molecular formula is C23H26ClN3O5. The van der Waals surface area contributed by atoms with Crippen LogP contribution in [0.2, 0.25) is 5.02 Å². The van der Waals surface area contributed by atoms with Crippen LogP contribution in [0.1, 0.15) is 26.3 Å². The van der Waals surface area contributed by atoms with Gasteiger partial charge in [0.25, 0.3) is 0 Å². The molecule has 0 aromatic heterocycles. The Kier molecular flexibility index (Phi) is 7.71. The molecule has 32 heavy (non-hydrogen) atoms. The molecule has 2 aromatic rings. The van der Waals surface area contributed by atoms with Crippen molar-refractivity contribution in [1.82, 2.24) is 4.90 Å². The van der Waals surface area contributed by atoms with Crippen molar-refractivity contribution in [1.29, 1.82) is 0 Å². The number of amides is 1. The van der Waals surface area contributed by atoms with Crippen LogP contribution < -0.4 is 10.2 Å². The van der Waals surface area contributed by atoms with Gasteiger partial charge in [-0.05, 0) is 42.8 Å². The maximum atomic E-state index is 12.7. The lowest BCUT2D eigenvalue weighted by atomic mass is 10.1. The second kappa shape index (κ2) is 10.5. The van der Waals surface area contributed by atoms with Gasteiger partial charge in [0.05, 0.1) is 37.6 Å². The first-order chi connectivity index (χ1) is 15.3. The van der Waals surface area contributed by atoms with Crippen LogP contribution in [0, 0.1) is 6.92 Å². The number of benzene rings is 2. The fraction of sp³-hybridized carbons (Fsp3) is 0.348. The lowest BCUT2D eigenvalue weighted by molar-refractivity contribution is -0.117. The summed E-state index contributed by atoms with van der Waals surface area (Å²) in [5.41, 5.74) is 2.85. The molecular weight excluding hydrogens is 434 g/mol. The molecule has 9 heteroatoms. The third kappa shape index (κ3) is 5.57. The topological polar surface area (TPSA) is 88.2 Å². The molecule has 1 saturated heterocycles. The number of aryl methyl sites for hydroxylation is 1. The minimum Gasteiger partial charge on any atom is -0.465 e. The standard InChI is InChI=1S/C23H26ClN3O5/c1-15-4-6-17(24)13-20(15)27-10-8-26(9-11-27)14-21(28)25-19-12-16(22(29)31-2)5-7-18(19)23(30)32-3/h4-7,12-13H,8-11,14H2,1-3H3,(H,25,28). The first kappa shape index (κ1) is 23.6. The first-order valence-corrected chi connectivity index (χ1v) is 10.5. The highest BCUT2D eigenvalue weighted by molar-refractivity contribution is 6.30. The Morgan fingerprint density at radius 2 is 1.66 bits per heavy atom. The summed E-state index contributed by atoms with van der Waals surface area (Å²) in [7, 11) is 2.52. The van der Waals surface area contributed by atoms with Crippen molar-refractivity contribution in [2.75, 3.05) is 57.2 Å². The number of ether oxygens (including phenoxy) is 2. The zero-order valence-corrected chi connectivity index (χ0v) is 19.1. The minimum absolute atomic E-state index is 0.158. The van der Waals surface area contributed by atoms with E-state index in [1.807, 2.05) is 30.0 Å². The van der Waals surface area contributed by atoms with Gasteiger partial charge in [0.2, 0.25) is 5.91 Å². The molecule has 0 bridgehead atoms. The van der Waals surface area contributed by atoms with Crippen LogP contribution in [-0.2, 0) is 14.3 Å². The van der Waals surface area contributed by atoms with Crippen LogP contribution in [0.4, 0.5) is 11.4 Å². The molecule has 1 heterocycles. The average molecular weight is 460 g/mol. The molecule has 0 spiro atoms. The molecule has 2 aromatic carbocycles. The van der Waals surface area contributed by atoms with Crippen LogP contribution in [0.25, 0.3) is 0 Å². The van der Waals surface area contributed by atoms with Gasteiger partial charge in [-0.3, -0.25) is 9.69 Å². The molecule has 0 aliphatic carbocycles. The van der Waals surface area contributed by atoms with Crippen molar-refractivity contribution >= 4 is 40.8 Å². The van der Waals surface area contributed by atoms with Gasteiger partial charge in [-0.25, -0.2) is 9.59 Å². The Hall–Kier alpha value is -3.10. The summed E-state index contributed by atoms with van der Waals surface area (Å²) in [6.07, 6.45) is 0. The number of carbonyl (C=O) groups excluding carboxylic acids is 3. The SMILES string of the molecule is COC(=O)c1ccc(C(=O)OC)c(NC(=O)CN2CCN(c3cc(Cl)ccc3C)CC2)c1. The number of hydrogen-bond acceptors (Lipinski definition) is 7. The smallest absolute Gasteiger partial charge is 0.339 e. The molecule has 0 radical (unpaired) electrons. The van der Waals surface area contributed by atoms with E-state index in [1.54, 1.807) is 0 Å². The number of nitrogens with one attached hydrogen (secondary N) is 1. The molecule has 0 unspecified atom stereocenters. The molecule has 8 nitrogen and oxygen atoms in total. The van der Waals surface area contributed by atoms with E-state index in [4.69, 9.17) is 21.1 Å². The Morgan fingerprint density at radius 3 is 2.31 bits per heavy atom. The fourth-order valence-corrected chi connectivity index (χ4v) is 3.81. The number of methoxy groups -OCH3 is 2. The molecule has 3 rings (SSSR count). The lowest BCUT2D eigenvalue weighted by Gasteiger charge is -2.36. The Morgan fingerprint density at radius 1 is 0.969 bits per heavy atom. The van der Waals surface area contributed by atoms with Crippen LogP contribution in [-0.4, -0.2) is 69.7 Å². The normalized spacial score (nSPS) is 14.1. The number of rotatable bonds is 6. The third-order valence-electron chi connectivity index (χ3n) is 5.37. The number of anilines is 2. The van der Waals surface area contributed by atoms with E-state index in [0.717, 1.165) is 24.3 Å². The second-order valence-corrected chi connectivity index (χ2v) is 7.92. The van der Waals surface area contributed by atoms with Gasteiger partial charge >= 0.3 is 11.9 Å². The van der Waals surface area contributed by atoms with Gasteiger partial charge in [0, 0.05) is 36.9 Å². The third-order valence-corrected chi connectivity index (χ3v) is 5.61. The van der Waals surface area contributed by atoms with Crippen LogP contribution in [0.15, 0.2) is 36.4 Å². The largest absolute Gasteiger partial charge is 0.465 e. The van der Waals surface area contributed by atoms with Crippen LogP contribution in [0.5, 0.6) is 0 Å². The van der Waals surface area contributed by atoms with E-state index < -0.39 is 11.9 Å². The average Bonchev–Trinajstić information content (AvgIpc) is 2.80. The molecule has 1 aliphatic rings. The molecule has 0 saturated carbocycles. The van der Waals surface area contributed by atoms with E-state index in [1.165, 1.54) is 32.4 Å². The number of nitrogens with zero attached hydrogens (tertiary/aromatic N) is 2. The molecule has 1 N–H and O–H groups in total. The maximum absolute atomic E-state index is 12.7. The number of halogens is 1. The monoisotopic (exact) mass is 459 g/mol. The Bertz CT molecular complexity index is 1020. The highest BCUT2D eigenvalue weighted by Gasteiger charge is 2.22. The van der Waals surface area contributed by atoms with E-state index in [-0.39, 0.29) is 29.3 Å². The van der Waals surface area contributed by atoms with Gasteiger partial charge in [-0.2, -0.15) is 0 Å². The first-order valence-electron chi connectivity index (χ1n) is 10.2. The van der Waals surface area contributed by atoms with Crippen LogP contribution in [0.3, 0.4) is 0 Å². The number of carbonyl (C=O) groups is 3. The summed E-state index contributed by atoms with van der Waals surface area (Å²) in [6, 6.07) is 10.1.